The Kier molecular flexibility index (Phi) is 9.76. The Balaban J connectivity index is 1.21. The molecule has 4 amide bonds. The molecule has 2 aliphatic heterocycles. The fourth-order valence-corrected chi connectivity index (χ4v) is 9.21. The number of aromatic nitrogens is 2. The third-order valence-corrected chi connectivity index (χ3v) is 13.0. The topological polar surface area (TPSA) is 160 Å². The molecule has 4 aliphatic rings. The number of alkyl halides is 3. The largest absolute Gasteiger partial charge is 0.495 e. The number of fused-ring (bicyclic) bond motifs is 3. The fourth-order valence-electron chi connectivity index (χ4n) is 6.78. The molecule has 2 saturated carbocycles. The summed E-state index contributed by atoms with van der Waals surface area (Å²) in [5.74, 6) is -1.20. The van der Waals surface area contributed by atoms with Gasteiger partial charge in [-0.3, -0.25) is 14.3 Å². The number of nitrogens with zero attached hydrogens (tertiary/aromatic N) is 4. The summed E-state index contributed by atoms with van der Waals surface area (Å²) >= 11 is 7.37. The number of amides is 4. The Morgan fingerprint density at radius 2 is 1.94 bits per heavy atom. The van der Waals surface area contributed by atoms with Gasteiger partial charge in [0.05, 0.1) is 24.4 Å². The van der Waals surface area contributed by atoms with E-state index in [1.807, 2.05) is 12.2 Å². The molecule has 53 heavy (non-hydrogen) atoms. The Labute approximate surface area is 311 Å². The Hall–Kier alpha value is -4.16. The van der Waals surface area contributed by atoms with E-state index in [0.717, 1.165) is 23.1 Å². The number of rotatable bonds is 7. The van der Waals surface area contributed by atoms with Gasteiger partial charge in [-0.25, -0.2) is 23.2 Å². The summed E-state index contributed by atoms with van der Waals surface area (Å²) in [7, 11) is -0.862. The van der Waals surface area contributed by atoms with Crippen LogP contribution >= 0.6 is 22.9 Å². The molecule has 2 N–H and O–H groups in total. The Bertz CT molecular complexity index is 2110. The molecular weight excluding hydrogens is 761 g/mol. The van der Waals surface area contributed by atoms with Crippen LogP contribution in [-0.2, 0) is 25.8 Å². The predicted octanol–water partition coefficient (Wildman–Crippen LogP) is 5.14. The first kappa shape index (κ1) is 37.2. The third-order valence-electron chi connectivity index (χ3n) is 9.99. The SMILES string of the molecule is COc1ccc2c(O[C@H]3CC4C(=O)N(C)CCCC/C=C\[C@@H]5C[C@@]5(C(=O)NS(=O)(=O)C5CC5)NC(=O)N4C3)cc(-c3nc(C(F)(F)F)cs3)nc2c1Cl. The summed E-state index contributed by atoms with van der Waals surface area (Å²) in [6, 6.07) is 2.89. The second kappa shape index (κ2) is 13.9. The number of hydrogen-bond acceptors (Lipinski definition) is 10. The van der Waals surface area contributed by atoms with Crippen LogP contribution < -0.4 is 19.5 Å². The molecule has 0 radical (unpaired) electrons. The molecule has 3 aromatic rings. The molecular formula is C34H36ClF3N6O7S2. The minimum atomic E-state index is -4.67. The quantitative estimate of drug-likeness (QED) is 0.309. The lowest BCUT2D eigenvalue weighted by molar-refractivity contribution is -0.140. The molecule has 0 spiro atoms. The molecule has 2 aromatic heterocycles. The van der Waals surface area contributed by atoms with E-state index < -0.39 is 62.7 Å². The van der Waals surface area contributed by atoms with Gasteiger partial charge >= 0.3 is 12.2 Å². The minimum Gasteiger partial charge on any atom is -0.495 e. The van der Waals surface area contributed by atoms with Crippen molar-refractivity contribution in [1.29, 1.82) is 0 Å². The van der Waals surface area contributed by atoms with Crippen LogP contribution in [0.5, 0.6) is 11.5 Å². The number of carbonyl (C=O) groups is 3. The number of sulfonamides is 1. The van der Waals surface area contributed by atoms with E-state index in [9.17, 15) is 36.0 Å². The number of nitrogens with one attached hydrogen (secondary N) is 2. The van der Waals surface area contributed by atoms with Gasteiger partial charge in [0.1, 0.15) is 44.9 Å². The first-order valence-corrected chi connectivity index (χ1v) is 19.8. The minimum absolute atomic E-state index is 0.0354. The maximum absolute atomic E-state index is 14.1. The van der Waals surface area contributed by atoms with Crippen molar-refractivity contribution in [2.45, 2.75) is 74.1 Å². The second-order valence-corrected chi connectivity index (χ2v) is 16.9. The zero-order valence-electron chi connectivity index (χ0n) is 28.6. The van der Waals surface area contributed by atoms with Crippen molar-refractivity contribution in [2.75, 3.05) is 27.2 Å². The number of methoxy groups -OCH3 is 1. The van der Waals surface area contributed by atoms with Crippen LogP contribution in [0.25, 0.3) is 21.6 Å². The third kappa shape index (κ3) is 7.36. The first-order chi connectivity index (χ1) is 25.1. The van der Waals surface area contributed by atoms with Crippen LogP contribution in [0.15, 0.2) is 35.7 Å². The van der Waals surface area contributed by atoms with Gasteiger partial charge < -0.3 is 24.6 Å². The van der Waals surface area contributed by atoms with Gasteiger partial charge in [0.2, 0.25) is 15.9 Å². The number of allylic oxidation sites excluding steroid dienone is 1. The van der Waals surface area contributed by atoms with Gasteiger partial charge in [0.15, 0.2) is 5.69 Å². The number of ether oxygens (including phenoxy) is 2. The molecule has 0 bridgehead atoms. The number of benzene rings is 1. The number of thiazole rings is 1. The molecule has 4 heterocycles. The van der Waals surface area contributed by atoms with Crippen molar-refractivity contribution in [2.24, 2.45) is 5.92 Å². The fraction of sp³-hybridized carbons (Fsp3) is 0.500. The highest BCUT2D eigenvalue weighted by Gasteiger charge is 2.62. The van der Waals surface area contributed by atoms with Crippen molar-refractivity contribution in [3.05, 3.63) is 46.4 Å². The Morgan fingerprint density at radius 3 is 2.64 bits per heavy atom. The van der Waals surface area contributed by atoms with Crippen LogP contribution in [0, 0.1) is 5.92 Å². The number of urea groups is 1. The second-order valence-electron chi connectivity index (χ2n) is 13.7. The van der Waals surface area contributed by atoms with E-state index in [1.165, 1.54) is 18.1 Å². The lowest BCUT2D eigenvalue weighted by Gasteiger charge is -2.30. The van der Waals surface area contributed by atoms with Crippen molar-refractivity contribution < 1.29 is 45.4 Å². The maximum Gasteiger partial charge on any atom is 0.434 e. The van der Waals surface area contributed by atoms with Gasteiger partial charge in [-0.15, -0.1) is 11.3 Å². The van der Waals surface area contributed by atoms with Crippen molar-refractivity contribution in [3.63, 3.8) is 0 Å². The number of pyridine rings is 1. The lowest BCUT2D eigenvalue weighted by Crippen LogP contribution is -2.57. The number of likely N-dealkylation sites (N-methyl/N-ethyl adjacent to an activating group) is 1. The molecule has 2 aliphatic carbocycles. The number of halogens is 4. The smallest absolute Gasteiger partial charge is 0.434 e. The predicted molar refractivity (Wildman–Crippen MR) is 189 cm³/mol. The zero-order valence-corrected chi connectivity index (χ0v) is 31.0. The maximum atomic E-state index is 14.1. The van der Waals surface area contributed by atoms with Gasteiger partial charge in [-0.05, 0) is 50.7 Å². The molecule has 4 atom stereocenters. The van der Waals surface area contributed by atoms with Crippen molar-refractivity contribution >= 4 is 61.7 Å². The Morgan fingerprint density at radius 1 is 1.17 bits per heavy atom. The number of carbonyl (C=O) groups excluding carboxylic acids is 3. The molecule has 284 valence electrons. The molecule has 7 rings (SSSR count). The summed E-state index contributed by atoms with van der Waals surface area (Å²) < 4.78 is 79.8. The standard InChI is InChI=1S/C34H36ClF3N6O7S2/c1-43-12-6-4-3-5-7-18-15-33(18,31(46)42-53(48,49)20-8-9-20)41-32(47)44-16-19(13-23(44)30(43)45)51-25-14-22(29-40-26(17-52-29)34(36,37)38)39-28-21(25)10-11-24(50-2)27(28)35/h5,7,10-11,14,17-20,23H,3-4,6,8-9,12-13,15-16H2,1-2H3,(H,41,47)(H,42,46)/b7-5-/t18-,19+,23?,33-/m1/s1. The zero-order chi connectivity index (χ0) is 37.9. The average molecular weight is 797 g/mol. The monoisotopic (exact) mass is 796 g/mol. The highest BCUT2D eigenvalue weighted by atomic mass is 35.5. The van der Waals surface area contributed by atoms with Gasteiger partial charge in [-0.2, -0.15) is 13.2 Å². The molecule has 19 heteroatoms. The van der Waals surface area contributed by atoms with Crippen molar-refractivity contribution in [3.8, 4) is 22.2 Å². The van der Waals surface area contributed by atoms with E-state index in [-0.39, 0.29) is 58.0 Å². The van der Waals surface area contributed by atoms with Gasteiger partial charge in [0, 0.05) is 42.8 Å². The molecule has 1 unspecified atom stereocenters. The van der Waals surface area contributed by atoms with E-state index in [1.54, 1.807) is 24.1 Å². The van der Waals surface area contributed by atoms with Crippen LogP contribution in [0.4, 0.5) is 18.0 Å². The molecule has 13 nitrogen and oxygen atoms in total. The van der Waals surface area contributed by atoms with Crippen LogP contribution in [0.1, 0.15) is 50.6 Å². The highest BCUT2D eigenvalue weighted by Crippen LogP contribution is 2.46. The summed E-state index contributed by atoms with van der Waals surface area (Å²) in [6.45, 7) is 0.318. The van der Waals surface area contributed by atoms with Gasteiger partial charge in [-0.1, -0.05) is 23.8 Å². The number of hydrogen-bond donors (Lipinski definition) is 2. The first-order valence-electron chi connectivity index (χ1n) is 17.0. The summed E-state index contributed by atoms with van der Waals surface area (Å²) in [5, 5.41) is 3.46. The molecule has 1 aromatic carbocycles. The van der Waals surface area contributed by atoms with Crippen molar-refractivity contribution in [1.82, 2.24) is 29.8 Å². The van der Waals surface area contributed by atoms with Gasteiger partial charge in [0.25, 0.3) is 5.91 Å². The molecule has 3 fully saturated rings. The van der Waals surface area contributed by atoms with Crippen LogP contribution in [-0.4, -0.2) is 96.2 Å². The summed E-state index contributed by atoms with van der Waals surface area (Å²) in [4.78, 5) is 52.7. The summed E-state index contributed by atoms with van der Waals surface area (Å²) in [6.07, 6.45) is 1.47. The van der Waals surface area contributed by atoms with E-state index in [2.05, 4.69) is 20.0 Å². The lowest BCUT2D eigenvalue weighted by atomic mass is 10.1. The van der Waals surface area contributed by atoms with Crippen LogP contribution in [0.3, 0.4) is 0 Å². The van der Waals surface area contributed by atoms with E-state index in [4.69, 9.17) is 21.1 Å². The normalized spacial score (nSPS) is 26.0. The van der Waals surface area contributed by atoms with E-state index in [0.29, 0.717) is 37.6 Å². The summed E-state index contributed by atoms with van der Waals surface area (Å²) in [5.41, 5.74) is -2.39. The van der Waals surface area contributed by atoms with Crippen LogP contribution in [0.2, 0.25) is 5.02 Å². The molecule has 1 saturated heterocycles. The highest BCUT2D eigenvalue weighted by molar-refractivity contribution is 7.91. The average Bonchev–Trinajstić information content (AvgIpc) is 3.98. The van der Waals surface area contributed by atoms with E-state index >= 15 is 0 Å².